The second-order valence-corrected chi connectivity index (χ2v) is 12.0. The summed E-state index contributed by atoms with van der Waals surface area (Å²) in [7, 11) is 0. The van der Waals surface area contributed by atoms with E-state index in [2.05, 4.69) is 16.9 Å². The molecule has 3 aromatic rings. The number of hydrogen-bond acceptors (Lipinski definition) is 8. The van der Waals surface area contributed by atoms with Gasteiger partial charge in [-0.1, -0.05) is 63.3 Å². The molecule has 1 saturated carbocycles. The number of Topliss-reactive ketones (excluding diaryl/α,β-unsaturated/α-hetero) is 2. The fourth-order valence-electron chi connectivity index (χ4n) is 5.30. The molecule has 0 aliphatic heterocycles. The van der Waals surface area contributed by atoms with Gasteiger partial charge in [-0.05, 0) is 74.4 Å². The van der Waals surface area contributed by atoms with Crippen molar-refractivity contribution in [1.29, 1.82) is 0 Å². The average molecular weight is 589 g/mol. The lowest BCUT2D eigenvalue weighted by molar-refractivity contribution is -0.143. The van der Waals surface area contributed by atoms with E-state index in [1.54, 1.807) is 23.5 Å². The molecule has 42 heavy (non-hydrogen) atoms. The highest BCUT2D eigenvalue weighted by Crippen LogP contribution is 2.35. The first kappa shape index (κ1) is 31.3. The Hall–Kier alpha value is -3.65. The third kappa shape index (κ3) is 7.79. The molecular formula is C34H40N2O5S. The summed E-state index contributed by atoms with van der Waals surface area (Å²) in [6.07, 6.45) is 8.97. The number of benzene rings is 2. The molecule has 0 radical (unpaired) electrons. The maximum atomic E-state index is 13.7. The van der Waals surface area contributed by atoms with Gasteiger partial charge < -0.3 is 9.68 Å². The Morgan fingerprint density at radius 2 is 1.38 bits per heavy atom. The van der Waals surface area contributed by atoms with Gasteiger partial charge in [-0.25, -0.2) is 4.79 Å². The standard InChI is InChI=1S/C34H40N2O5S/c1-5-10-22(4)40-35-28(7-3)33(38)24-15-18-30-26(20-24)27-21-25(16-19-31(27)42-30)34(39)29(36-41-32(37)11-6-2)17-14-23-12-8-9-13-23/h15-16,18-21,23H,4-14,17H2,1-3H3/b35-28+,36-29+. The molecule has 4 rings (SSSR count). The lowest BCUT2D eigenvalue weighted by Crippen LogP contribution is -2.17. The summed E-state index contributed by atoms with van der Waals surface area (Å²) in [5.41, 5.74) is 1.58. The van der Waals surface area contributed by atoms with Crippen LogP contribution in [0.4, 0.5) is 0 Å². The molecule has 2 aromatic carbocycles. The molecule has 0 saturated heterocycles. The first-order chi connectivity index (χ1) is 20.3. The van der Waals surface area contributed by atoms with E-state index in [4.69, 9.17) is 9.68 Å². The number of hydrogen-bond donors (Lipinski definition) is 0. The molecule has 0 N–H and O–H groups in total. The minimum Gasteiger partial charge on any atom is -0.362 e. The first-order valence-electron chi connectivity index (χ1n) is 15.1. The molecule has 0 bridgehead atoms. The van der Waals surface area contributed by atoms with E-state index in [9.17, 15) is 14.4 Å². The van der Waals surface area contributed by atoms with E-state index >= 15 is 0 Å². The summed E-state index contributed by atoms with van der Waals surface area (Å²) in [6.45, 7) is 9.63. The Kier molecular flexibility index (Phi) is 11.2. The van der Waals surface area contributed by atoms with E-state index < -0.39 is 5.97 Å². The summed E-state index contributed by atoms with van der Waals surface area (Å²) < 4.78 is 2.02. The van der Waals surface area contributed by atoms with Crippen molar-refractivity contribution < 1.29 is 24.1 Å². The number of rotatable bonds is 15. The smallest absolute Gasteiger partial charge is 0.335 e. The molecule has 1 aliphatic rings. The quantitative estimate of drug-likeness (QED) is 0.0580. The third-order valence-corrected chi connectivity index (χ3v) is 8.79. The highest BCUT2D eigenvalue weighted by molar-refractivity contribution is 7.25. The van der Waals surface area contributed by atoms with Crippen molar-refractivity contribution in [3.8, 4) is 0 Å². The van der Waals surface area contributed by atoms with Crippen molar-refractivity contribution >= 4 is 60.5 Å². The molecule has 1 aromatic heterocycles. The van der Waals surface area contributed by atoms with Gasteiger partial charge in [0.15, 0.2) is 0 Å². The van der Waals surface area contributed by atoms with Gasteiger partial charge in [0.2, 0.25) is 11.6 Å². The van der Waals surface area contributed by atoms with Crippen LogP contribution in [0.5, 0.6) is 0 Å². The SMILES string of the molecule is C=C(CCC)O/N=C(\CC)C(=O)c1ccc2sc3ccc(C(=O)/C(CCC4CCCC4)=N/OC(=O)CCC)cc3c2c1. The largest absolute Gasteiger partial charge is 0.362 e. The van der Waals surface area contributed by atoms with E-state index in [0.717, 1.165) is 45.9 Å². The van der Waals surface area contributed by atoms with Crippen LogP contribution in [0.15, 0.2) is 59.0 Å². The van der Waals surface area contributed by atoms with Crippen LogP contribution in [-0.4, -0.2) is 29.0 Å². The predicted molar refractivity (Wildman–Crippen MR) is 170 cm³/mol. The van der Waals surface area contributed by atoms with Crippen molar-refractivity contribution in [3.63, 3.8) is 0 Å². The molecule has 7 nitrogen and oxygen atoms in total. The number of fused-ring (bicyclic) bond motifs is 3. The topological polar surface area (TPSA) is 94.4 Å². The van der Waals surface area contributed by atoms with Gasteiger partial charge in [0, 0.05) is 44.1 Å². The monoisotopic (exact) mass is 588 g/mol. The lowest BCUT2D eigenvalue weighted by atomic mass is 9.95. The Bertz CT molecular complexity index is 1530. The van der Waals surface area contributed by atoms with Gasteiger partial charge in [-0.15, -0.1) is 11.3 Å². The van der Waals surface area contributed by atoms with Crippen LogP contribution >= 0.6 is 11.3 Å². The lowest BCUT2D eigenvalue weighted by Gasteiger charge is -2.10. The first-order valence-corrected chi connectivity index (χ1v) is 15.9. The van der Waals surface area contributed by atoms with Crippen molar-refractivity contribution in [2.45, 2.75) is 91.4 Å². The summed E-state index contributed by atoms with van der Waals surface area (Å²) >= 11 is 1.60. The number of ketones is 2. The van der Waals surface area contributed by atoms with Gasteiger partial charge in [0.05, 0.1) is 0 Å². The minimum absolute atomic E-state index is 0.203. The molecule has 1 aliphatic carbocycles. The second kappa shape index (κ2) is 15.0. The molecule has 0 unspecified atom stereocenters. The highest BCUT2D eigenvalue weighted by atomic mass is 32.1. The van der Waals surface area contributed by atoms with E-state index in [1.165, 1.54) is 12.8 Å². The minimum atomic E-state index is -0.435. The maximum Gasteiger partial charge on any atom is 0.335 e. The van der Waals surface area contributed by atoms with Crippen LogP contribution in [0.25, 0.3) is 20.2 Å². The fraction of sp³-hybridized carbons (Fsp3) is 0.441. The normalized spacial score (nSPS) is 14.5. The molecular weight excluding hydrogens is 548 g/mol. The fourth-order valence-corrected chi connectivity index (χ4v) is 6.37. The molecule has 0 atom stereocenters. The van der Waals surface area contributed by atoms with Crippen molar-refractivity contribution in [3.05, 3.63) is 59.9 Å². The summed E-state index contributed by atoms with van der Waals surface area (Å²) in [6, 6.07) is 11.2. The molecule has 0 spiro atoms. The maximum absolute atomic E-state index is 13.7. The van der Waals surface area contributed by atoms with Crippen molar-refractivity contribution in [1.82, 2.24) is 0 Å². The number of allylic oxidation sites excluding steroid dienone is 1. The second-order valence-electron chi connectivity index (χ2n) is 10.9. The third-order valence-electron chi connectivity index (χ3n) is 7.64. The van der Waals surface area contributed by atoms with Crippen LogP contribution in [0.3, 0.4) is 0 Å². The number of nitrogens with zero attached hydrogens (tertiary/aromatic N) is 2. The Labute approximate surface area is 251 Å². The highest BCUT2D eigenvalue weighted by Gasteiger charge is 2.22. The number of carbonyl (C=O) groups excluding carboxylic acids is 3. The number of oxime groups is 2. The van der Waals surface area contributed by atoms with Crippen molar-refractivity contribution in [2.75, 3.05) is 0 Å². The van der Waals surface area contributed by atoms with Gasteiger partial charge >= 0.3 is 5.97 Å². The van der Waals surface area contributed by atoms with Gasteiger partial charge in [0.1, 0.15) is 17.2 Å². The Balaban J connectivity index is 1.63. The predicted octanol–water partition coefficient (Wildman–Crippen LogP) is 9.19. The zero-order valence-corrected chi connectivity index (χ0v) is 25.7. The zero-order valence-electron chi connectivity index (χ0n) is 24.9. The van der Waals surface area contributed by atoms with Crippen LogP contribution < -0.4 is 0 Å². The van der Waals surface area contributed by atoms with Crippen LogP contribution in [0.2, 0.25) is 0 Å². The number of carbonyl (C=O) groups is 3. The molecule has 222 valence electrons. The van der Waals surface area contributed by atoms with Gasteiger partial charge in [-0.3, -0.25) is 9.59 Å². The van der Waals surface area contributed by atoms with Crippen molar-refractivity contribution in [2.24, 2.45) is 16.2 Å². The van der Waals surface area contributed by atoms with E-state index in [1.807, 2.05) is 45.0 Å². The Morgan fingerprint density at radius 3 is 1.95 bits per heavy atom. The number of thiophene rings is 1. The van der Waals surface area contributed by atoms with Gasteiger partial charge in [0.25, 0.3) is 0 Å². The molecule has 1 heterocycles. The molecule has 0 amide bonds. The molecule has 8 heteroatoms. The molecule has 1 fully saturated rings. The average Bonchev–Trinajstić information content (AvgIpc) is 3.64. The van der Waals surface area contributed by atoms with Gasteiger partial charge in [-0.2, -0.15) is 0 Å². The van der Waals surface area contributed by atoms with Crippen LogP contribution in [0, 0.1) is 5.92 Å². The van der Waals surface area contributed by atoms with E-state index in [-0.39, 0.29) is 23.7 Å². The van der Waals surface area contributed by atoms with E-state index in [0.29, 0.717) is 54.2 Å². The summed E-state index contributed by atoms with van der Waals surface area (Å²) in [4.78, 5) is 49.5. The summed E-state index contributed by atoms with van der Waals surface area (Å²) in [5.74, 6) is 0.218. The Morgan fingerprint density at radius 1 is 0.810 bits per heavy atom. The zero-order chi connectivity index (χ0) is 30.1. The summed E-state index contributed by atoms with van der Waals surface area (Å²) in [5, 5.41) is 9.92. The van der Waals surface area contributed by atoms with Crippen LogP contribution in [0.1, 0.15) is 112 Å². The van der Waals surface area contributed by atoms with Crippen LogP contribution in [-0.2, 0) is 14.5 Å².